The number of imidazole rings is 1. The van der Waals surface area contributed by atoms with Crippen molar-refractivity contribution in [2.24, 2.45) is 14.1 Å². The van der Waals surface area contributed by atoms with Crippen molar-refractivity contribution in [3.63, 3.8) is 0 Å². The van der Waals surface area contributed by atoms with Crippen molar-refractivity contribution in [3.05, 3.63) is 26.7 Å². The van der Waals surface area contributed by atoms with E-state index in [4.69, 9.17) is 4.98 Å². The van der Waals surface area contributed by atoms with Gasteiger partial charge in [-0.1, -0.05) is 33.1 Å². The molecular weight excluding hydrogens is 342 g/mol. The molecule has 2 aromatic heterocycles. The van der Waals surface area contributed by atoms with Crippen LogP contribution >= 0.6 is 0 Å². The van der Waals surface area contributed by atoms with Crippen molar-refractivity contribution in [1.82, 2.24) is 23.6 Å². The molecule has 0 bridgehead atoms. The highest BCUT2D eigenvalue weighted by molar-refractivity contribution is 5.71. The third-order valence-corrected chi connectivity index (χ3v) is 5.98. The summed E-state index contributed by atoms with van der Waals surface area (Å²) in [5, 5.41) is 0. The number of nitrogens with zero attached hydrogens (tertiary/aromatic N) is 5. The number of likely N-dealkylation sites (tertiary alicyclic amines) is 1. The molecule has 0 aliphatic carbocycles. The fraction of sp³-hybridized carbons (Fsp3) is 0.750. The lowest BCUT2D eigenvalue weighted by atomic mass is 10.00. The molecule has 0 aromatic carbocycles. The Kier molecular flexibility index (Phi) is 6.19. The van der Waals surface area contributed by atoms with E-state index < -0.39 is 0 Å². The Morgan fingerprint density at radius 2 is 1.85 bits per heavy atom. The van der Waals surface area contributed by atoms with Crippen molar-refractivity contribution in [3.8, 4) is 0 Å². The smallest absolute Gasteiger partial charge is 0.321 e. The molecule has 1 aliphatic heterocycles. The van der Waals surface area contributed by atoms with Gasteiger partial charge in [-0.25, -0.2) is 9.78 Å². The molecule has 0 radical (unpaired) electrons. The Morgan fingerprint density at radius 3 is 2.56 bits per heavy atom. The van der Waals surface area contributed by atoms with E-state index in [9.17, 15) is 9.59 Å². The van der Waals surface area contributed by atoms with Gasteiger partial charge in [0.1, 0.15) is 5.82 Å². The van der Waals surface area contributed by atoms with Gasteiger partial charge in [0.05, 0.1) is 6.54 Å². The number of aromatic nitrogens is 4. The molecule has 1 aliphatic rings. The van der Waals surface area contributed by atoms with Gasteiger partial charge in [0, 0.05) is 26.7 Å². The highest BCUT2D eigenvalue weighted by Crippen LogP contribution is 2.23. The van der Waals surface area contributed by atoms with Gasteiger partial charge in [-0.05, 0) is 32.2 Å². The summed E-state index contributed by atoms with van der Waals surface area (Å²) in [7, 11) is 3.25. The first kappa shape index (κ1) is 19.9. The minimum atomic E-state index is -0.318. The van der Waals surface area contributed by atoms with Crippen LogP contribution in [0, 0.1) is 0 Å². The van der Waals surface area contributed by atoms with Gasteiger partial charge in [0.25, 0.3) is 5.56 Å². The summed E-state index contributed by atoms with van der Waals surface area (Å²) < 4.78 is 4.78. The van der Waals surface area contributed by atoms with Crippen LogP contribution in [0.4, 0.5) is 0 Å². The Hall–Kier alpha value is -1.89. The van der Waals surface area contributed by atoms with Crippen LogP contribution in [-0.4, -0.2) is 36.2 Å². The summed E-state index contributed by atoms with van der Waals surface area (Å²) in [6.07, 6.45) is 8.13. The average Bonchev–Trinajstić information content (AvgIpc) is 3.03. The molecule has 1 saturated heterocycles. The predicted octanol–water partition coefficient (Wildman–Crippen LogP) is 2.39. The summed E-state index contributed by atoms with van der Waals surface area (Å²) in [6, 6.07) is 0.578. The van der Waals surface area contributed by atoms with E-state index in [0.29, 0.717) is 17.2 Å². The topological polar surface area (TPSA) is 65.1 Å². The Bertz CT molecular complexity index is 908. The average molecular weight is 376 g/mol. The summed E-state index contributed by atoms with van der Waals surface area (Å²) >= 11 is 0. The second kappa shape index (κ2) is 8.42. The van der Waals surface area contributed by atoms with Crippen molar-refractivity contribution in [2.45, 2.75) is 77.9 Å². The fourth-order valence-corrected chi connectivity index (χ4v) is 4.29. The lowest BCUT2D eigenvalue weighted by Gasteiger charge is -2.34. The third-order valence-electron chi connectivity index (χ3n) is 5.98. The second-order valence-corrected chi connectivity index (χ2v) is 7.79. The molecule has 2 aromatic rings. The minimum Gasteiger partial charge on any atom is -0.321 e. The van der Waals surface area contributed by atoms with Crippen LogP contribution < -0.4 is 11.2 Å². The maximum absolute atomic E-state index is 12.9. The number of hydrogen-bond acceptors (Lipinski definition) is 4. The number of unbranched alkanes of at least 4 members (excludes halogenated alkanes) is 2. The molecule has 1 fully saturated rings. The van der Waals surface area contributed by atoms with E-state index >= 15 is 0 Å². The molecule has 7 heteroatoms. The van der Waals surface area contributed by atoms with Gasteiger partial charge in [0.2, 0.25) is 0 Å². The maximum atomic E-state index is 12.9. The van der Waals surface area contributed by atoms with Gasteiger partial charge in [-0.2, -0.15) is 0 Å². The summed E-state index contributed by atoms with van der Waals surface area (Å²) in [5.74, 6) is 0.916. The Balaban J connectivity index is 2.08. The second-order valence-electron chi connectivity index (χ2n) is 7.79. The van der Waals surface area contributed by atoms with E-state index in [0.717, 1.165) is 51.1 Å². The van der Waals surface area contributed by atoms with Crippen LogP contribution in [0.3, 0.4) is 0 Å². The van der Waals surface area contributed by atoms with E-state index in [2.05, 4.69) is 23.3 Å². The first-order chi connectivity index (χ1) is 13.0. The molecule has 7 nitrogen and oxygen atoms in total. The van der Waals surface area contributed by atoms with Crippen LogP contribution in [-0.2, 0) is 27.2 Å². The van der Waals surface area contributed by atoms with E-state index in [1.54, 1.807) is 14.1 Å². The van der Waals surface area contributed by atoms with Gasteiger partial charge >= 0.3 is 5.69 Å². The zero-order valence-electron chi connectivity index (χ0n) is 17.2. The van der Waals surface area contributed by atoms with Gasteiger partial charge in [-0.3, -0.25) is 18.8 Å². The third kappa shape index (κ3) is 3.74. The van der Waals surface area contributed by atoms with Gasteiger partial charge in [0.15, 0.2) is 11.2 Å². The molecule has 150 valence electrons. The molecule has 27 heavy (non-hydrogen) atoms. The highest BCUT2D eigenvalue weighted by Gasteiger charge is 2.25. The molecule has 0 amide bonds. The molecule has 0 unspecified atom stereocenters. The zero-order chi connectivity index (χ0) is 19.6. The van der Waals surface area contributed by atoms with Gasteiger partial charge in [-0.15, -0.1) is 0 Å². The van der Waals surface area contributed by atoms with E-state index in [-0.39, 0.29) is 11.2 Å². The van der Waals surface area contributed by atoms with E-state index in [1.165, 1.54) is 28.4 Å². The highest BCUT2D eigenvalue weighted by atomic mass is 16.2. The summed E-state index contributed by atoms with van der Waals surface area (Å²) in [4.78, 5) is 32.5. The molecule has 0 N–H and O–H groups in total. The lowest BCUT2D eigenvalue weighted by molar-refractivity contribution is 0.131. The van der Waals surface area contributed by atoms with Crippen molar-refractivity contribution in [2.75, 3.05) is 6.54 Å². The SMILES string of the molecule is CCCCCn1c(CN2CCCC[C@H]2CC)nc2c1c(=O)n(C)c(=O)n2C. The number of fused-ring (bicyclic) bond motifs is 1. The largest absolute Gasteiger partial charge is 0.332 e. The maximum Gasteiger partial charge on any atom is 0.332 e. The van der Waals surface area contributed by atoms with E-state index in [1.807, 2.05) is 0 Å². The predicted molar refractivity (Wildman–Crippen MR) is 108 cm³/mol. The van der Waals surface area contributed by atoms with Crippen LogP contribution in [0.25, 0.3) is 11.2 Å². The monoisotopic (exact) mass is 375 g/mol. The standard InChI is InChI=1S/C20H33N5O2/c1-5-7-9-13-25-16(14-24-12-10-8-11-15(24)6-2)21-18-17(25)19(26)23(4)20(27)22(18)3/h15H,5-14H2,1-4H3/t15-/m1/s1. The van der Waals surface area contributed by atoms with Crippen LogP contribution in [0.15, 0.2) is 9.59 Å². The normalized spacial score (nSPS) is 18.4. The van der Waals surface area contributed by atoms with Crippen molar-refractivity contribution in [1.29, 1.82) is 0 Å². The van der Waals surface area contributed by atoms with Crippen LogP contribution in [0.2, 0.25) is 0 Å². The molecule has 0 spiro atoms. The number of hydrogen-bond donors (Lipinski definition) is 0. The summed E-state index contributed by atoms with van der Waals surface area (Å²) in [5.41, 5.74) is 0.520. The molecule has 0 saturated carbocycles. The van der Waals surface area contributed by atoms with Gasteiger partial charge < -0.3 is 4.57 Å². The lowest BCUT2D eigenvalue weighted by Crippen LogP contribution is -2.39. The zero-order valence-corrected chi connectivity index (χ0v) is 17.2. The van der Waals surface area contributed by atoms with Crippen LogP contribution in [0.5, 0.6) is 0 Å². The number of rotatable bonds is 7. The first-order valence-corrected chi connectivity index (χ1v) is 10.4. The fourth-order valence-electron chi connectivity index (χ4n) is 4.29. The minimum absolute atomic E-state index is 0.242. The molecule has 3 heterocycles. The number of piperidine rings is 1. The Morgan fingerprint density at radius 1 is 1.07 bits per heavy atom. The van der Waals surface area contributed by atoms with Crippen LogP contribution in [0.1, 0.15) is 64.6 Å². The summed E-state index contributed by atoms with van der Waals surface area (Å²) in [6.45, 7) is 7.02. The van der Waals surface area contributed by atoms with Crippen molar-refractivity contribution >= 4 is 11.2 Å². The van der Waals surface area contributed by atoms with Crippen molar-refractivity contribution < 1.29 is 0 Å². The molecule has 1 atom stereocenters. The molecular formula is C20H33N5O2. The number of aryl methyl sites for hydroxylation is 2. The quantitative estimate of drug-likeness (QED) is 0.697. The molecule has 3 rings (SSSR count). The Labute approximate surface area is 160 Å². The first-order valence-electron chi connectivity index (χ1n) is 10.4.